The summed E-state index contributed by atoms with van der Waals surface area (Å²) in [7, 11) is 0. The number of carboxylic acids is 1. The highest BCUT2D eigenvalue weighted by Gasteiger charge is 2.44. The number of likely N-dealkylation sites (tertiary alicyclic amines) is 2. The van der Waals surface area contributed by atoms with Gasteiger partial charge in [-0.25, -0.2) is 4.79 Å². The van der Waals surface area contributed by atoms with Crippen molar-refractivity contribution in [1.29, 1.82) is 0 Å². The molecule has 10 atom stereocenters. The lowest BCUT2D eigenvalue weighted by molar-refractivity contribution is -0.147. The standard InChI is InChI=1S/C35H61N7O10/c1-8-19(5)26(32(48)37-23(35(51)52)16-18(3)4)38-30(46)24-12-11-15-42(24)34(50)28(21(7)44)40-31(47)25-13-10-14-41(25)33(49)27(20(6)9-2)39-29(45)22(36)17-43/h18-28,43-44H,8-17,36H2,1-7H3,(H,37,48)(H,38,46)(H,39,45)(H,40,47)(H,51,52)/t19-,20-,21+,22-,23-,24-,25-,26-,27-,28-/m0/s1. The van der Waals surface area contributed by atoms with Gasteiger partial charge < -0.3 is 52.1 Å². The fourth-order valence-electron chi connectivity index (χ4n) is 6.53. The molecule has 0 aliphatic carbocycles. The van der Waals surface area contributed by atoms with Gasteiger partial charge in [0.15, 0.2) is 0 Å². The molecule has 0 radical (unpaired) electrons. The molecule has 2 fully saturated rings. The van der Waals surface area contributed by atoms with Crippen molar-refractivity contribution in [3.8, 4) is 0 Å². The number of carboxylic acid groups (broad SMARTS) is 1. The van der Waals surface area contributed by atoms with Crippen LogP contribution in [0.3, 0.4) is 0 Å². The molecule has 0 aromatic heterocycles. The SMILES string of the molecule is CC[C@H](C)[C@H](NC(=O)[C@@H]1CCCN1C(=O)[C@@H](NC(=O)[C@@H]1CCCN1C(=O)[C@@H](NC(=O)[C@@H](N)CO)[C@@H](C)CC)[C@@H](C)O)C(=O)N[C@@H](CC(C)C)C(=O)O. The zero-order valence-corrected chi connectivity index (χ0v) is 31.6. The number of nitrogens with one attached hydrogen (secondary N) is 4. The lowest BCUT2D eigenvalue weighted by Gasteiger charge is -2.34. The van der Waals surface area contributed by atoms with Crippen LogP contribution in [-0.4, -0.2) is 135 Å². The Morgan fingerprint density at radius 3 is 1.60 bits per heavy atom. The Kier molecular flexibility index (Phi) is 17.4. The molecule has 2 saturated heterocycles. The minimum absolute atomic E-state index is 0.0122. The number of aliphatic carboxylic acids is 1. The fraction of sp³-hybridized carbons (Fsp3) is 0.800. The van der Waals surface area contributed by atoms with E-state index in [1.54, 1.807) is 13.8 Å². The quantitative estimate of drug-likeness (QED) is 0.0783. The van der Waals surface area contributed by atoms with Gasteiger partial charge >= 0.3 is 5.97 Å². The molecule has 17 nitrogen and oxygen atoms in total. The average Bonchev–Trinajstić information content (AvgIpc) is 3.80. The maximum absolute atomic E-state index is 13.9. The Hall–Kier alpha value is -3.83. The van der Waals surface area contributed by atoms with E-state index < -0.39 is 96.4 Å². The van der Waals surface area contributed by atoms with Crippen molar-refractivity contribution >= 4 is 41.4 Å². The predicted octanol–water partition coefficient (Wildman–Crippen LogP) is -1.17. The normalized spacial score (nSPS) is 22.0. The van der Waals surface area contributed by atoms with Crippen molar-refractivity contribution in [2.75, 3.05) is 19.7 Å². The summed E-state index contributed by atoms with van der Waals surface area (Å²) in [5, 5.41) is 40.1. The van der Waals surface area contributed by atoms with Gasteiger partial charge in [-0.05, 0) is 56.8 Å². The highest BCUT2D eigenvalue weighted by atomic mass is 16.4. The largest absolute Gasteiger partial charge is 0.480 e. The van der Waals surface area contributed by atoms with Gasteiger partial charge in [0.2, 0.25) is 35.4 Å². The van der Waals surface area contributed by atoms with E-state index in [2.05, 4.69) is 21.3 Å². The van der Waals surface area contributed by atoms with Crippen molar-refractivity contribution in [2.45, 2.75) is 142 Å². The molecule has 2 aliphatic heterocycles. The van der Waals surface area contributed by atoms with Crippen LogP contribution in [0.15, 0.2) is 0 Å². The van der Waals surface area contributed by atoms with Gasteiger partial charge in [0.25, 0.3) is 0 Å². The highest BCUT2D eigenvalue weighted by Crippen LogP contribution is 2.24. The van der Waals surface area contributed by atoms with Crippen LogP contribution < -0.4 is 27.0 Å². The van der Waals surface area contributed by atoms with E-state index in [9.17, 15) is 48.9 Å². The summed E-state index contributed by atoms with van der Waals surface area (Å²) in [6.45, 7) is 11.9. The number of hydrogen-bond donors (Lipinski definition) is 8. The molecule has 9 N–H and O–H groups in total. The number of aliphatic hydroxyl groups is 2. The van der Waals surface area contributed by atoms with Gasteiger partial charge in [-0.3, -0.25) is 28.8 Å². The molecule has 0 bridgehead atoms. The molecule has 0 aromatic rings. The van der Waals surface area contributed by atoms with Crippen LogP contribution in [0.2, 0.25) is 0 Å². The number of hydrogen-bond acceptors (Lipinski definition) is 10. The molecule has 52 heavy (non-hydrogen) atoms. The van der Waals surface area contributed by atoms with Gasteiger partial charge in [-0.15, -0.1) is 0 Å². The van der Waals surface area contributed by atoms with Crippen LogP contribution in [0.25, 0.3) is 0 Å². The van der Waals surface area contributed by atoms with E-state index in [0.29, 0.717) is 25.7 Å². The number of nitrogens with zero attached hydrogens (tertiary/aromatic N) is 2. The van der Waals surface area contributed by atoms with Crippen molar-refractivity contribution in [3.63, 3.8) is 0 Å². The maximum Gasteiger partial charge on any atom is 0.326 e. The van der Waals surface area contributed by atoms with E-state index in [1.807, 2.05) is 27.7 Å². The lowest BCUT2D eigenvalue weighted by Crippen LogP contribution is -2.62. The molecule has 0 unspecified atom stereocenters. The number of amides is 6. The Morgan fingerprint density at radius 1 is 0.712 bits per heavy atom. The second-order valence-electron chi connectivity index (χ2n) is 14.7. The number of nitrogens with two attached hydrogens (primary N) is 1. The first-order chi connectivity index (χ1) is 24.4. The first-order valence-electron chi connectivity index (χ1n) is 18.5. The first kappa shape index (κ1) is 44.3. The van der Waals surface area contributed by atoms with Crippen molar-refractivity contribution < 1.29 is 48.9 Å². The lowest BCUT2D eigenvalue weighted by atomic mass is 9.96. The topological polar surface area (TPSA) is 261 Å². The van der Waals surface area contributed by atoms with E-state index in [-0.39, 0.29) is 50.1 Å². The van der Waals surface area contributed by atoms with Crippen molar-refractivity contribution in [3.05, 3.63) is 0 Å². The third-order valence-electron chi connectivity index (χ3n) is 10.1. The highest BCUT2D eigenvalue weighted by molar-refractivity contribution is 5.97. The smallest absolute Gasteiger partial charge is 0.326 e. The summed E-state index contributed by atoms with van der Waals surface area (Å²) in [5.74, 6) is -5.80. The molecular formula is C35H61N7O10. The molecule has 2 heterocycles. The van der Waals surface area contributed by atoms with Crippen LogP contribution in [0.5, 0.6) is 0 Å². The van der Waals surface area contributed by atoms with E-state index >= 15 is 0 Å². The molecule has 2 rings (SSSR count). The summed E-state index contributed by atoms with van der Waals surface area (Å²) < 4.78 is 0. The molecule has 296 valence electrons. The Labute approximate surface area is 306 Å². The zero-order chi connectivity index (χ0) is 39.4. The second-order valence-corrected chi connectivity index (χ2v) is 14.7. The monoisotopic (exact) mass is 739 g/mol. The summed E-state index contributed by atoms with van der Waals surface area (Å²) in [5.41, 5.74) is 5.65. The summed E-state index contributed by atoms with van der Waals surface area (Å²) in [6.07, 6.45) is 1.25. The van der Waals surface area contributed by atoms with Crippen LogP contribution in [0, 0.1) is 17.8 Å². The zero-order valence-electron chi connectivity index (χ0n) is 31.6. The minimum atomic E-state index is -1.47. The average molecular weight is 740 g/mol. The second kappa shape index (κ2) is 20.4. The molecule has 0 saturated carbocycles. The molecule has 2 aliphatic rings. The van der Waals surface area contributed by atoms with Crippen LogP contribution >= 0.6 is 0 Å². The Balaban J connectivity index is 2.23. The number of rotatable bonds is 19. The molecule has 6 amide bonds. The number of carbonyl (C=O) groups excluding carboxylic acids is 6. The summed E-state index contributed by atoms with van der Waals surface area (Å²) in [6, 6.07) is -7.97. The molecular weight excluding hydrogens is 678 g/mol. The van der Waals surface area contributed by atoms with Gasteiger partial charge in [0, 0.05) is 13.1 Å². The van der Waals surface area contributed by atoms with Gasteiger partial charge in [0.05, 0.1) is 12.7 Å². The molecule has 17 heteroatoms. The first-order valence-corrected chi connectivity index (χ1v) is 18.5. The predicted molar refractivity (Wildman–Crippen MR) is 190 cm³/mol. The van der Waals surface area contributed by atoms with E-state index in [1.165, 1.54) is 16.7 Å². The van der Waals surface area contributed by atoms with E-state index in [0.717, 1.165) is 0 Å². The van der Waals surface area contributed by atoms with Crippen LogP contribution in [0.4, 0.5) is 0 Å². The third kappa shape index (κ3) is 11.6. The Bertz CT molecular complexity index is 1280. The fourth-order valence-corrected chi connectivity index (χ4v) is 6.53. The summed E-state index contributed by atoms with van der Waals surface area (Å²) >= 11 is 0. The number of aliphatic hydroxyl groups excluding tert-OH is 2. The third-order valence-corrected chi connectivity index (χ3v) is 10.1. The van der Waals surface area contributed by atoms with Gasteiger partial charge in [0.1, 0.15) is 42.3 Å². The minimum Gasteiger partial charge on any atom is -0.480 e. The summed E-state index contributed by atoms with van der Waals surface area (Å²) in [4.78, 5) is 95.2. The Morgan fingerprint density at radius 2 is 1.17 bits per heavy atom. The van der Waals surface area contributed by atoms with Gasteiger partial charge in [-0.2, -0.15) is 0 Å². The van der Waals surface area contributed by atoms with Crippen LogP contribution in [-0.2, 0) is 33.6 Å². The number of carbonyl (C=O) groups is 7. The molecule has 0 aromatic carbocycles. The van der Waals surface area contributed by atoms with Crippen LogP contribution in [0.1, 0.15) is 93.4 Å². The van der Waals surface area contributed by atoms with Crippen molar-refractivity contribution in [2.24, 2.45) is 23.5 Å². The van der Waals surface area contributed by atoms with E-state index in [4.69, 9.17) is 5.73 Å². The van der Waals surface area contributed by atoms with Crippen molar-refractivity contribution in [1.82, 2.24) is 31.1 Å². The molecule has 0 spiro atoms. The van der Waals surface area contributed by atoms with Gasteiger partial charge in [-0.1, -0.05) is 54.4 Å². The maximum atomic E-state index is 13.9.